The highest BCUT2D eigenvalue weighted by atomic mass is 16.6. The lowest BCUT2D eigenvalue weighted by molar-refractivity contribution is -0.154. The summed E-state index contributed by atoms with van der Waals surface area (Å²) in [5.41, 5.74) is 0. The number of carbonyl (C=O) groups is 1. The second kappa shape index (κ2) is 56.2. The Balaban J connectivity index is 3.39. The Morgan fingerprint density at radius 2 is 0.714 bits per heavy atom. The molecule has 0 aliphatic carbocycles. The predicted molar refractivity (Wildman–Crippen MR) is 279 cm³/mol. The molecule has 0 saturated carbocycles. The zero-order valence-corrected chi connectivity index (χ0v) is 42.3. The Bertz CT molecular complexity index is 1020. The van der Waals surface area contributed by atoms with E-state index in [1.165, 1.54) is 212 Å². The van der Waals surface area contributed by atoms with E-state index in [-0.39, 0.29) is 12.6 Å². The summed E-state index contributed by atoms with van der Waals surface area (Å²) in [4.78, 5) is 12.3. The molecule has 63 heavy (non-hydrogen) atoms. The molecular formula is C59H108O4. The third-order valence-electron chi connectivity index (χ3n) is 12.4. The van der Waals surface area contributed by atoms with Gasteiger partial charge < -0.3 is 14.6 Å². The fourth-order valence-electron chi connectivity index (χ4n) is 8.24. The molecule has 0 saturated heterocycles. The van der Waals surface area contributed by atoms with Gasteiger partial charge in [-0.2, -0.15) is 0 Å². The SMILES string of the molecule is CC/C=C\C/C=C\C/C=C\C/C=C\C/C=C\CCCCCCCCCCCCOCC(CO)OC(=O)CCCCCCCCCCCCCCCCCCCCCCCCCCC. The molecule has 1 atom stereocenters. The molecule has 1 unspecified atom stereocenters. The van der Waals surface area contributed by atoms with Crippen LogP contribution in [0.25, 0.3) is 0 Å². The Kier molecular flexibility index (Phi) is 54.5. The summed E-state index contributed by atoms with van der Waals surface area (Å²) in [6, 6.07) is 0. The van der Waals surface area contributed by atoms with Gasteiger partial charge in [-0.15, -0.1) is 0 Å². The van der Waals surface area contributed by atoms with E-state index >= 15 is 0 Å². The minimum Gasteiger partial charge on any atom is -0.457 e. The third kappa shape index (κ3) is 54.3. The van der Waals surface area contributed by atoms with Crippen molar-refractivity contribution in [2.24, 2.45) is 0 Å². The normalized spacial score (nSPS) is 12.7. The molecule has 0 aliphatic rings. The molecule has 4 heteroatoms. The van der Waals surface area contributed by atoms with Crippen LogP contribution in [0.3, 0.4) is 0 Å². The summed E-state index contributed by atoms with van der Waals surface area (Å²) >= 11 is 0. The van der Waals surface area contributed by atoms with E-state index < -0.39 is 6.10 Å². The summed E-state index contributed by atoms with van der Waals surface area (Å²) in [5.74, 6) is -0.197. The average molecular weight is 882 g/mol. The number of allylic oxidation sites excluding steroid dienone is 10. The summed E-state index contributed by atoms with van der Waals surface area (Å²) in [7, 11) is 0. The van der Waals surface area contributed by atoms with Gasteiger partial charge >= 0.3 is 5.97 Å². The standard InChI is InChI=1S/C59H108O4/c1-3-5-7-9-11-13-15-17-19-21-23-25-27-29-31-33-35-37-39-41-43-45-47-49-51-53-55-62-57-58(56-60)63-59(61)54-52-50-48-46-44-42-40-38-36-34-32-30-28-26-24-22-20-18-16-14-12-10-8-6-4-2/h5,7,11,13,17,19,23,25,29,31,58,60H,3-4,6,8-10,12,14-16,18,20-22,24,26-28,30,32-57H2,1-2H3/b7-5-,13-11-,19-17-,25-23-,31-29-. The summed E-state index contributed by atoms with van der Waals surface area (Å²) < 4.78 is 11.2. The van der Waals surface area contributed by atoms with Crippen LogP contribution in [-0.2, 0) is 14.3 Å². The Morgan fingerprint density at radius 3 is 1.08 bits per heavy atom. The molecule has 0 heterocycles. The number of aliphatic hydroxyl groups is 1. The summed E-state index contributed by atoms with van der Waals surface area (Å²) in [5, 5.41) is 9.68. The molecule has 0 fully saturated rings. The van der Waals surface area contributed by atoms with Gasteiger partial charge in [0, 0.05) is 13.0 Å². The fraction of sp³-hybridized carbons (Fsp3) is 0.814. The van der Waals surface area contributed by atoms with Crippen LogP contribution in [0.15, 0.2) is 60.8 Å². The van der Waals surface area contributed by atoms with E-state index in [9.17, 15) is 9.90 Å². The third-order valence-corrected chi connectivity index (χ3v) is 12.4. The highest BCUT2D eigenvalue weighted by Gasteiger charge is 2.13. The van der Waals surface area contributed by atoms with Crippen LogP contribution in [0.4, 0.5) is 0 Å². The largest absolute Gasteiger partial charge is 0.457 e. The minimum absolute atomic E-state index is 0.172. The van der Waals surface area contributed by atoms with Crippen LogP contribution in [-0.4, -0.2) is 37.0 Å². The Morgan fingerprint density at radius 1 is 0.397 bits per heavy atom. The number of carbonyl (C=O) groups excluding carboxylic acids is 1. The van der Waals surface area contributed by atoms with Crippen molar-refractivity contribution in [2.75, 3.05) is 19.8 Å². The molecular weight excluding hydrogens is 773 g/mol. The molecule has 0 aromatic heterocycles. The van der Waals surface area contributed by atoms with Gasteiger partial charge in [-0.1, -0.05) is 280 Å². The van der Waals surface area contributed by atoms with Gasteiger partial charge in [0.1, 0.15) is 6.10 Å². The maximum absolute atomic E-state index is 12.3. The second-order valence-corrected chi connectivity index (χ2v) is 18.6. The number of hydrogen-bond acceptors (Lipinski definition) is 4. The lowest BCUT2D eigenvalue weighted by Gasteiger charge is -2.16. The molecule has 1 N–H and O–H groups in total. The van der Waals surface area contributed by atoms with Crippen LogP contribution in [0.2, 0.25) is 0 Å². The number of rotatable bonds is 52. The molecule has 368 valence electrons. The first-order chi connectivity index (χ1) is 31.2. The van der Waals surface area contributed by atoms with Gasteiger partial charge in [-0.3, -0.25) is 4.79 Å². The topological polar surface area (TPSA) is 55.8 Å². The van der Waals surface area contributed by atoms with Crippen LogP contribution in [0.1, 0.15) is 284 Å². The maximum atomic E-state index is 12.3. The number of unbranched alkanes of at least 4 members (excludes halogenated alkanes) is 34. The molecule has 0 aromatic rings. The second-order valence-electron chi connectivity index (χ2n) is 18.6. The Labute approximate surface area is 394 Å². The van der Waals surface area contributed by atoms with E-state index in [4.69, 9.17) is 9.47 Å². The first kappa shape index (κ1) is 61.1. The maximum Gasteiger partial charge on any atom is 0.306 e. The van der Waals surface area contributed by atoms with E-state index in [0.29, 0.717) is 19.6 Å². The van der Waals surface area contributed by atoms with Crippen molar-refractivity contribution in [3.05, 3.63) is 60.8 Å². The summed E-state index contributed by atoms with van der Waals surface area (Å²) in [6.45, 7) is 5.26. The van der Waals surface area contributed by atoms with Crippen molar-refractivity contribution in [1.29, 1.82) is 0 Å². The lowest BCUT2D eigenvalue weighted by Crippen LogP contribution is -2.27. The molecule has 4 nitrogen and oxygen atoms in total. The monoisotopic (exact) mass is 881 g/mol. The number of hydrogen-bond donors (Lipinski definition) is 1. The first-order valence-electron chi connectivity index (χ1n) is 27.9. The van der Waals surface area contributed by atoms with Gasteiger partial charge in [0.15, 0.2) is 0 Å². The minimum atomic E-state index is -0.538. The van der Waals surface area contributed by atoms with E-state index in [1.807, 2.05) is 0 Å². The first-order valence-corrected chi connectivity index (χ1v) is 27.9. The quantitative estimate of drug-likeness (QED) is 0.0376. The molecule has 0 radical (unpaired) electrons. The molecule has 0 amide bonds. The highest BCUT2D eigenvalue weighted by Crippen LogP contribution is 2.17. The van der Waals surface area contributed by atoms with E-state index in [2.05, 4.69) is 74.6 Å². The van der Waals surface area contributed by atoms with Crippen molar-refractivity contribution < 1.29 is 19.4 Å². The van der Waals surface area contributed by atoms with E-state index in [1.54, 1.807) is 0 Å². The molecule has 0 aromatic carbocycles. The molecule has 0 aliphatic heterocycles. The van der Waals surface area contributed by atoms with Crippen LogP contribution in [0.5, 0.6) is 0 Å². The number of aliphatic hydroxyl groups excluding tert-OH is 1. The van der Waals surface area contributed by atoms with Gasteiger partial charge in [-0.25, -0.2) is 0 Å². The summed E-state index contributed by atoms with van der Waals surface area (Å²) in [6.07, 6.45) is 76.2. The zero-order valence-electron chi connectivity index (χ0n) is 42.3. The van der Waals surface area contributed by atoms with Gasteiger partial charge in [0.2, 0.25) is 0 Å². The predicted octanol–water partition coefficient (Wildman–Crippen LogP) is 19.1. The van der Waals surface area contributed by atoms with Crippen LogP contribution >= 0.6 is 0 Å². The molecule has 0 spiro atoms. The number of esters is 1. The van der Waals surface area contributed by atoms with Crippen molar-refractivity contribution in [3.8, 4) is 0 Å². The lowest BCUT2D eigenvalue weighted by atomic mass is 10.0. The van der Waals surface area contributed by atoms with Crippen molar-refractivity contribution in [1.82, 2.24) is 0 Å². The molecule has 0 rings (SSSR count). The number of ether oxygens (including phenoxy) is 2. The fourth-order valence-corrected chi connectivity index (χ4v) is 8.24. The van der Waals surface area contributed by atoms with Crippen molar-refractivity contribution >= 4 is 5.97 Å². The van der Waals surface area contributed by atoms with Crippen LogP contribution < -0.4 is 0 Å². The highest BCUT2D eigenvalue weighted by molar-refractivity contribution is 5.69. The zero-order chi connectivity index (χ0) is 45.5. The smallest absolute Gasteiger partial charge is 0.306 e. The molecule has 0 bridgehead atoms. The van der Waals surface area contributed by atoms with Crippen molar-refractivity contribution in [3.63, 3.8) is 0 Å². The van der Waals surface area contributed by atoms with Crippen molar-refractivity contribution in [2.45, 2.75) is 290 Å². The van der Waals surface area contributed by atoms with Crippen LogP contribution in [0, 0.1) is 0 Å². The van der Waals surface area contributed by atoms with Gasteiger partial charge in [0.25, 0.3) is 0 Å². The average Bonchev–Trinajstić information content (AvgIpc) is 3.29. The van der Waals surface area contributed by atoms with E-state index in [0.717, 1.165) is 51.4 Å². The Hall–Kier alpha value is -1.91. The van der Waals surface area contributed by atoms with Gasteiger partial charge in [0.05, 0.1) is 13.2 Å². The van der Waals surface area contributed by atoms with Gasteiger partial charge in [-0.05, 0) is 57.8 Å².